The summed E-state index contributed by atoms with van der Waals surface area (Å²) >= 11 is 0. The number of hydrogen-bond donors (Lipinski definition) is 1. The Bertz CT molecular complexity index is 290. The van der Waals surface area contributed by atoms with E-state index in [1.165, 1.54) is 0 Å². The van der Waals surface area contributed by atoms with Crippen molar-refractivity contribution in [3.8, 4) is 0 Å². The molecule has 18 heavy (non-hydrogen) atoms. The van der Waals surface area contributed by atoms with Gasteiger partial charge in [-0.15, -0.1) is 0 Å². The van der Waals surface area contributed by atoms with Crippen molar-refractivity contribution < 1.29 is 14.7 Å². The SMILES string of the molecule is CCN(CC)C(=O)CCCN1CCCC1C(=O)O. The van der Waals surface area contributed by atoms with Crippen LogP contribution >= 0.6 is 0 Å². The molecule has 0 radical (unpaired) electrons. The molecule has 1 fully saturated rings. The van der Waals surface area contributed by atoms with Gasteiger partial charge in [-0.05, 0) is 46.2 Å². The quantitative estimate of drug-likeness (QED) is 0.743. The molecule has 0 bridgehead atoms. The predicted molar refractivity (Wildman–Crippen MR) is 69.4 cm³/mol. The normalized spacial score (nSPS) is 20.0. The van der Waals surface area contributed by atoms with Crippen molar-refractivity contribution in [3.63, 3.8) is 0 Å². The van der Waals surface area contributed by atoms with Crippen LogP contribution < -0.4 is 0 Å². The van der Waals surface area contributed by atoms with Gasteiger partial charge in [0.15, 0.2) is 0 Å². The molecule has 1 rings (SSSR count). The molecule has 5 nitrogen and oxygen atoms in total. The highest BCUT2D eigenvalue weighted by Crippen LogP contribution is 2.17. The molecule has 1 N–H and O–H groups in total. The fourth-order valence-corrected chi connectivity index (χ4v) is 2.54. The van der Waals surface area contributed by atoms with Crippen LogP contribution in [0.5, 0.6) is 0 Å². The van der Waals surface area contributed by atoms with Crippen LogP contribution in [0.1, 0.15) is 39.5 Å². The van der Waals surface area contributed by atoms with E-state index in [2.05, 4.69) is 0 Å². The monoisotopic (exact) mass is 256 g/mol. The van der Waals surface area contributed by atoms with Gasteiger partial charge in [0, 0.05) is 19.5 Å². The van der Waals surface area contributed by atoms with Gasteiger partial charge in [-0.25, -0.2) is 0 Å². The molecule has 1 unspecified atom stereocenters. The number of hydrogen-bond acceptors (Lipinski definition) is 3. The Kier molecular flexibility index (Phi) is 6.12. The molecule has 0 aromatic heterocycles. The van der Waals surface area contributed by atoms with Crippen LogP contribution in [0.4, 0.5) is 0 Å². The average molecular weight is 256 g/mol. The predicted octanol–water partition coefficient (Wildman–Crippen LogP) is 1.18. The molecule has 1 aliphatic rings. The van der Waals surface area contributed by atoms with Crippen LogP contribution in [0, 0.1) is 0 Å². The fourth-order valence-electron chi connectivity index (χ4n) is 2.54. The first-order valence-corrected chi connectivity index (χ1v) is 6.84. The molecule has 5 heteroatoms. The summed E-state index contributed by atoms with van der Waals surface area (Å²) in [6.07, 6.45) is 2.95. The molecule has 1 atom stereocenters. The van der Waals surface area contributed by atoms with Gasteiger partial charge in [0.25, 0.3) is 0 Å². The lowest BCUT2D eigenvalue weighted by molar-refractivity contribution is -0.142. The molecule has 104 valence electrons. The number of carboxylic acid groups (broad SMARTS) is 1. The highest BCUT2D eigenvalue weighted by molar-refractivity contribution is 5.76. The molecule has 1 heterocycles. The van der Waals surface area contributed by atoms with Gasteiger partial charge < -0.3 is 10.0 Å². The molecule has 1 aliphatic heterocycles. The number of amides is 1. The summed E-state index contributed by atoms with van der Waals surface area (Å²) in [7, 11) is 0. The van der Waals surface area contributed by atoms with Crippen LogP contribution in [0.3, 0.4) is 0 Å². The van der Waals surface area contributed by atoms with E-state index in [1.807, 2.05) is 23.6 Å². The average Bonchev–Trinajstić information content (AvgIpc) is 2.79. The summed E-state index contributed by atoms with van der Waals surface area (Å²) in [5, 5.41) is 9.04. The van der Waals surface area contributed by atoms with Crippen LogP contribution in [-0.4, -0.2) is 59.0 Å². The van der Waals surface area contributed by atoms with Crippen molar-refractivity contribution in [2.45, 2.75) is 45.6 Å². The maximum absolute atomic E-state index is 11.8. The third kappa shape index (κ3) is 3.98. The third-order valence-electron chi connectivity index (χ3n) is 3.60. The minimum Gasteiger partial charge on any atom is -0.480 e. The van der Waals surface area contributed by atoms with Crippen molar-refractivity contribution in [3.05, 3.63) is 0 Å². The molecule has 0 aliphatic carbocycles. The van der Waals surface area contributed by atoms with E-state index >= 15 is 0 Å². The molecule has 0 aromatic carbocycles. The zero-order valence-corrected chi connectivity index (χ0v) is 11.4. The van der Waals surface area contributed by atoms with Crippen molar-refractivity contribution in [1.29, 1.82) is 0 Å². The molecular weight excluding hydrogens is 232 g/mol. The number of aliphatic carboxylic acids is 1. The first-order chi connectivity index (χ1) is 8.60. The summed E-state index contributed by atoms with van der Waals surface area (Å²) in [6.45, 7) is 7.00. The summed E-state index contributed by atoms with van der Waals surface area (Å²) in [5.74, 6) is -0.561. The molecule has 1 saturated heterocycles. The number of rotatable bonds is 7. The van der Waals surface area contributed by atoms with E-state index < -0.39 is 5.97 Å². The van der Waals surface area contributed by atoms with E-state index in [0.29, 0.717) is 13.0 Å². The molecule has 0 spiro atoms. The van der Waals surface area contributed by atoms with Crippen LogP contribution in [0.25, 0.3) is 0 Å². The highest BCUT2D eigenvalue weighted by Gasteiger charge is 2.29. The fraction of sp³-hybridized carbons (Fsp3) is 0.846. The van der Waals surface area contributed by atoms with E-state index in [0.717, 1.165) is 38.9 Å². The molecular formula is C13H24N2O3. The summed E-state index contributed by atoms with van der Waals surface area (Å²) in [5.41, 5.74) is 0. The second-order valence-corrected chi connectivity index (χ2v) is 4.70. The van der Waals surface area contributed by atoms with E-state index in [9.17, 15) is 9.59 Å². The van der Waals surface area contributed by atoms with Gasteiger partial charge in [0.2, 0.25) is 5.91 Å². The zero-order valence-electron chi connectivity index (χ0n) is 11.4. The van der Waals surface area contributed by atoms with Gasteiger partial charge in [-0.3, -0.25) is 14.5 Å². The van der Waals surface area contributed by atoms with Crippen molar-refractivity contribution in [2.24, 2.45) is 0 Å². The number of carboxylic acids is 1. The number of likely N-dealkylation sites (tertiary alicyclic amines) is 1. The second kappa shape index (κ2) is 7.36. The topological polar surface area (TPSA) is 60.9 Å². The minimum absolute atomic E-state index is 0.172. The summed E-state index contributed by atoms with van der Waals surface area (Å²) in [4.78, 5) is 26.6. The van der Waals surface area contributed by atoms with E-state index in [1.54, 1.807) is 0 Å². The van der Waals surface area contributed by atoms with Crippen molar-refractivity contribution in [2.75, 3.05) is 26.2 Å². The van der Waals surface area contributed by atoms with Gasteiger partial charge >= 0.3 is 5.97 Å². The van der Waals surface area contributed by atoms with Crippen LogP contribution in [0.15, 0.2) is 0 Å². The lowest BCUT2D eigenvalue weighted by atomic mass is 10.2. The maximum atomic E-state index is 11.8. The smallest absolute Gasteiger partial charge is 0.320 e. The van der Waals surface area contributed by atoms with Crippen LogP contribution in [-0.2, 0) is 9.59 Å². The van der Waals surface area contributed by atoms with Gasteiger partial charge in [0.1, 0.15) is 6.04 Å². The highest BCUT2D eigenvalue weighted by atomic mass is 16.4. The molecule has 0 aromatic rings. The van der Waals surface area contributed by atoms with Crippen molar-refractivity contribution in [1.82, 2.24) is 9.80 Å². The zero-order chi connectivity index (χ0) is 13.5. The van der Waals surface area contributed by atoms with Crippen LogP contribution in [0.2, 0.25) is 0 Å². The molecule has 1 amide bonds. The lowest BCUT2D eigenvalue weighted by Crippen LogP contribution is -2.37. The third-order valence-corrected chi connectivity index (χ3v) is 3.60. The van der Waals surface area contributed by atoms with E-state index in [-0.39, 0.29) is 11.9 Å². The standard InChI is InChI=1S/C13H24N2O3/c1-3-14(4-2)12(16)8-6-10-15-9-5-7-11(15)13(17)18/h11H,3-10H2,1-2H3,(H,17,18). The first kappa shape index (κ1) is 15.0. The summed E-state index contributed by atoms with van der Waals surface area (Å²) < 4.78 is 0. The van der Waals surface area contributed by atoms with E-state index in [4.69, 9.17) is 5.11 Å². The Hall–Kier alpha value is -1.10. The van der Waals surface area contributed by atoms with Gasteiger partial charge in [-0.1, -0.05) is 0 Å². The number of carbonyl (C=O) groups excluding carboxylic acids is 1. The Balaban J connectivity index is 2.29. The first-order valence-electron chi connectivity index (χ1n) is 6.84. The van der Waals surface area contributed by atoms with Gasteiger partial charge in [0.05, 0.1) is 0 Å². The Morgan fingerprint density at radius 3 is 2.56 bits per heavy atom. The Morgan fingerprint density at radius 2 is 2.00 bits per heavy atom. The molecule has 0 saturated carbocycles. The minimum atomic E-state index is -0.734. The van der Waals surface area contributed by atoms with Crippen molar-refractivity contribution >= 4 is 11.9 Å². The largest absolute Gasteiger partial charge is 0.480 e. The lowest BCUT2D eigenvalue weighted by Gasteiger charge is -2.22. The maximum Gasteiger partial charge on any atom is 0.320 e. The summed E-state index contributed by atoms with van der Waals surface area (Å²) in [6, 6.07) is -0.339. The number of carbonyl (C=O) groups is 2. The second-order valence-electron chi connectivity index (χ2n) is 4.70. The number of nitrogens with zero attached hydrogens (tertiary/aromatic N) is 2. The van der Waals surface area contributed by atoms with Gasteiger partial charge in [-0.2, -0.15) is 0 Å². The Labute approximate surface area is 109 Å². The Morgan fingerprint density at radius 1 is 1.33 bits per heavy atom.